The molecule has 1 fully saturated rings. The second-order valence-corrected chi connectivity index (χ2v) is 7.81. The first-order valence-electron chi connectivity index (χ1n) is 11.3. The standard InChI is InChI=1S/C24H33N5O3/c1-4-12-29(13-5-2)24(31)19-16-21(22(26-17-19)28-14-10-25-11-15-28)27-23(30)18-6-8-20(32-3)9-7-18/h6-9,16-17,25H,4-5,10-15H2,1-3H3,(H,27,30). The van der Waals surface area contributed by atoms with Gasteiger partial charge in [-0.15, -0.1) is 0 Å². The van der Waals surface area contributed by atoms with Crippen LogP contribution in [0.5, 0.6) is 5.75 Å². The van der Waals surface area contributed by atoms with Crippen LogP contribution in [-0.2, 0) is 0 Å². The average molecular weight is 440 g/mol. The Kier molecular flexibility index (Phi) is 8.44. The van der Waals surface area contributed by atoms with E-state index in [1.807, 2.05) is 4.90 Å². The number of piperazine rings is 1. The van der Waals surface area contributed by atoms with Gasteiger partial charge in [0.25, 0.3) is 11.8 Å². The van der Waals surface area contributed by atoms with Crippen LogP contribution < -0.4 is 20.3 Å². The molecule has 2 amide bonds. The number of amides is 2. The number of hydrogen-bond acceptors (Lipinski definition) is 6. The number of nitrogens with one attached hydrogen (secondary N) is 2. The third kappa shape index (κ3) is 5.76. The topological polar surface area (TPSA) is 86.8 Å². The molecule has 0 radical (unpaired) electrons. The lowest BCUT2D eigenvalue weighted by Gasteiger charge is -2.30. The lowest BCUT2D eigenvalue weighted by molar-refractivity contribution is 0.0755. The number of rotatable bonds is 9. The maximum atomic E-state index is 13.1. The molecular weight excluding hydrogens is 406 g/mol. The minimum atomic E-state index is -0.255. The third-order valence-corrected chi connectivity index (χ3v) is 5.40. The second kappa shape index (κ2) is 11.5. The molecule has 1 aromatic heterocycles. The number of anilines is 2. The Morgan fingerprint density at radius 2 is 1.75 bits per heavy atom. The van der Waals surface area contributed by atoms with Crippen LogP contribution in [0.3, 0.4) is 0 Å². The molecule has 1 aliphatic rings. The summed E-state index contributed by atoms with van der Waals surface area (Å²) in [5.74, 6) is 1.05. The number of aromatic nitrogens is 1. The molecule has 2 heterocycles. The number of nitrogens with zero attached hydrogens (tertiary/aromatic N) is 3. The zero-order valence-corrected chi connectivity index (χ0v) is 19.2. The highest BCUT2D eigenvalue weighted by Crippen LogP contribution is 2.26. The molecule has 1 aromatic carbocycles. The van der Waals surface area contributed by atoms with Gasteiger partial charge in [0.05, 0.1) is 18.4 Å². The highest BCUT2D eigenvalue weighted by molar-refractivity contribution is 6.06. The van der Waals surface area contributed by atoms with E-state index in [1.54, 1.807) is 43.6 Å². The number of pyridine rings is 1. The minimum absolute atomic E-state index is 0.0620. The second-order valence-electron chi connectivity index (χ2n) is 7.81. The molecule has 0 atom stereocenters. The Balaban J connectivity index is 1.91. The van der Waals surface area contributed by atoms with Crippen molar-refractivity contribution in [2.24, 2.45) is 0 Å². The summed E-state index contributed by atoms with van der Waals surface area (Å²) in [5, 5.41) is 6.31. The van der Waals surface area contributed by atoms with Crippen molar-refractivity contribution in [3.8, 4) is 5.75 Å². The predicted molar refractivity (Wildman–Crippen MR) is 127 cm³/mol. The molecule has 1 saturated heterocycles. The first-order valence-corrected chi connectivity index (χ1v) is 11.3. The first-order chi connectivity index (χ1) is 15.6. The van der Waals surface area contributed by atoms with E-state index in [2.05, 4.69) is 34.4 Å². The van der Waals surface area contributed by atoms with Crippen molar-refractivity contribution in [2.45, 2.75) is 26.7 Å². The molecule has 8 heteroatoms. The molecule has 0 spiro atoms. The predicted octanol–water partition coefficient (Wildman–Crippen LogP) is 3.01. The van der Waals surface area contributed by atoms with Gasteiger partial charge in [0.1, 0.15) is 5.75 Å². The zero-order chi connectivity index (χ0) is 22.9. The van der Waals surface area contributed by atoms with Gasteiger partial charge in [0.2, 0.25) is 0 Å². The Hall–Kier alpha value is -3.13. The Bertz CT molecular complexity index is 904. The van der Waals surface area contributed by atoms with E-state index < -0.39 is 0 Å². The largest absolute Gasteiger partial charge is 0.497 e. The van der Waals surface area contributed by atoms with Gasteiger partial charge in [-0.05, 0) is 43.2 Å². The fourth-order valence-corrected chi connectivity index (χ4v) is 3.77. The molecule has 3 rings (SSSR count). The van der Waals surface area contributed by atoms with E-state index in [0.29, 0.717) is 41.5 Å². The van der Waals surface area contributed by atoms with Crippen LogP contribution in [0, 0.1) is 0 Å². The average Bonchev–Trinajstić information content (AvgIpc) is 2.84. The summed E-state index contributed by atoms with van der Waals surface area (Å²) in [5.41, 5.74) is 1.54. The van der Waals surface area contributed by atoms with Crippen LogP contribution in [0.4, 0.5) is 11.5 Å². The Morgan fingerprint density at radius 1 is 1.09 bits per heavy atom. The van der Waals surface area contributed by atoms with Crippen LogP contribution in [0.15, 0.2) is 36.5 Å². The Labute approximate surface area is 190 Å². The fraction of sp³-hybridized carbons (Fsp3) is 0.458. The lowest BCUT2D eigenvalue weighted by atomic mass is 10.1. The Morgan fingerprint density at radius 3 is 2.34 bits per heavy atom. The quantitative estimate of drug-likeness (QED) is 0.625. The third-order valence-electron chi connectivity index (χ3n) is 5.40. The summed E-state index contributed by atoms with van der Waals surface area (Å²) >= 11 is 0. The van der Waals surface area contributed by atoms with E-state index in [0.717, 1.165) is 39.0 Å². The summed E-state index contributed by atoms with van der Waals surface area (Å²) < 4.78 is 5.17. The van der Waals surface area contributed by atoms with Gasteiger partial charge in [-0.2, -0.15) is 0 Å². The van der Waals surface area contributed by atoms with Crippen molar-refractivity contribution in [1.82, 2.24) is 15.2 Å². The van der Waals surface area contributed by atoms with Crippen molar-refractivity contribution in [3.63, 3.8) is 0 Å². The molecule has 0 aliphatic carbocycles. The molecule has 0 saturated carbocycles. The van der Waals surface area contributed by atoms with Gasteiger partial charge in [-0.1, -0.05) is 13.8 Å². The van der Waals surface area contributed by atoms with E-state index in [9.17, 15) is 9.59 Å². The maximum Gasteiger partial charge on any atom is 0.255 e. The molecule has 8 nitrogen and oxygen atoms in total. The number of hydrogen-bond donors (Lipinski definition) is 2. The zero-order valence-electron chi connectivity index (χ0n) is 19.2. The highest BCUT2D eigenvalue weighted by Gasteiger charge is 2.22. The van der Waals surface area contributed by atoms with Gasteiger partial charge in [-0.25, -0.2) is 4.98 Å². The van der Waals surface area contributed by atoms with E-state index in [4.69, 9.17) is 4.74 Å². The smallest absolute Gasteiger partial charge is 0.255 e. The molecule has 2 aromatic rings. The molecule has 172 valence electrons. The van der Waals surface area contributed by atoms with Crippen molar-refractivity contribution in [1.29, 1.82) is 0 Å². The van der Waals surface area contributed by atoms with Gasteiger partial charge in [-0.3, -0.25) is 9.59 Å². The summed E-state index contributed by atoms with van der Waals surface area (Å²) in [6.45, 7) is 8.75. The van der Waals surface area contributed by atoms with E-state index >= 15 is 0 Å². The molecule has 32 heavy (non-hydrogen) atoms. The van der Waals surface area contributed by atoms with Crippen molar-refractivity contribution in [2.75, 3.05) is 56.6 Å². The van der Waals surface area contributed by atoms with Crippen LogP contribution in [0.25, 0.3) is 0 Å². The van der Waals surface area contributed by atoms with Gasteiger partial charge in [0, 0.05) is 51.0 Å². The molecule has 2 N–H and O–H groups in total. The minimum Gasteiger partial charge on any atom is -0.497 e. The lowest BCUT2D eigenvalue weighted by Crippen LogP contribution is -2.44. The van der Waals surface area contributed by atoms with Crippen LogP contribution in [0.1, 0.15) is 47.4 Å². The van der Waals surface area contributed by atoms with Crippen molar-refractivity contribution >= 4 is 23.3 Å². The van der Waals surface area contributed by atoms with Crippen LogP contribution in [-0.4, -0.2) is 68.1 Å². The molecular formula is C24H33N5O3. The maximum absolute atomic E-state index is 13.1. The number of carbonyl (C=O) groups is 2. The summed E-state index contributed by atoms with van der Waals surface area (Å²) in [4.78, 5) is 34.7. The van der Waals surface area contributed by atoms with Crippen molar-refractivity contribution in [3.05, 3.63) is 47.7 Å². The molecule has 0 bridgehead atoms. The monoisotopic (exact) mass is 439 g/mol. The van der Waals surface area contributed by atoms with Gasteiger partial charge < -0.3 is 25.2 Å². The van der Waals surface area contributed by atoms with Crippen LogP contribution >= 0.6 is 0 Å². The first kappa shape index (κ1) is 23.5. The fourth-order valence-electron chi connectivity index (χ4n) is 3.77. The number of ether oxygens (including phenoxy) is 1. The number of benzene rings is 1. The van der Waals surface area contributed by atoms with E-state index in [-0.39, 0.29) is 11.8 Å². The highest BCUT2D eigenvalue weighted by atomic mass is 16.5. The number of carbonyl (C=O) groups excluding carboxylic acids is 2. The van der Waals surface area contributed by atoms with Gasteiger partial charge >= 0.3 is 0 Å². The summed E-state index contributed by atoms with van der Waals surface area (Å²) in [6, 6.07) is 8.68. The molecule has 0 unspecified atom stereocenters. The summed E-state index contributed by atoms with van der Waals surface area (Å²) in [7, 11) is 1.59. The van der Waals surface area contributed by atoms with Gasteiger partial charge in [0.15, 0.2) is 5.82 Å². The SMILES string of the molecule is CCCN(CCC)C(=O)c1cnc(N2CCNCC2)c(NC(=O)c2ccc(OC)cc2)c1. The van der Waals surface area contributed by atoms with Crippen molar-refractivity contribution < 1.29 is 14.3 Å². The normalized spacial score (nSPS) is 13.5. The number of methoxy groups -OCH3 is 1. The van der Waals surface area contributed by atoms with E-state index in [1.165, 1.54) is 0 Å². The van der Waals surface area contributed by atoms with Crippen LogP contribution in [0.2, 0.25) is 0 Å². The summed E-state index contributed by atoms with van der Waals surface area (Å²) in [6.07, 6.45) is 3.40. The molecule has 1 aliphatic heterocycles.